The van der Waals surface area contributed by atoms with E-state index < -0.39 is 0 Å². The molecule has 0 saturated carbocycles. The second-order valence-corrected chi connectivity index (χ2v) is 4.71. The van der Waals surface area contributed by atoms with Crippen LogP contribution in [0.15, 0.2) is 40.0 Å². The van der Waals surface area contributed by atoms with Crippen molar-refractivity contribution in [2.24, 2.45) is 4.99 Å². The van der Waals surface area contributed by atoms with Crippen LogP contribution in [-0.2, 0) is 13.1 Å². The van der Waals surface area contributed by atoms with E-state index in [1.807, 2.05) is 26.0 Å². The lowest BCUT2D eigenvalue weighted by molar-refractivity contribution is 0.500. The molecule has 5 heteroatoms. The maximum absolute atomic E-state index is 5.51. The summed E-state index contributed by atoms with van der Waals surface area (Å²) in [6.07, 6.45) is 4.10. The average molecular weight is 274 g/mol. The molecule has 0 amide bonds. The Labute approximate surface area is 119 Å². The maximum atomic E-state index is 5.51. The number of aliphatic imine (C=N–C) groups is 1. The van der Waals surface area contributed by atoms with Gasteiger partial charge in [-0.3, -0.25) is 4.99 Å². The van der Waals surface area contributed by atoms with Gasteiger partial charge in [0.05, 0.1) is 0 Å². The predicted molar refractivity (Wildman–Crippen MR) is 80.8 cm³/mol. The van der Waals surface area contributed by atoms with Crippen LogP contribution in [0.25, 0.3) is 0 Å². The number of hydrogen-bond acceptors (Lipinski definition) is 2. The molecule has 20 heavy (non-hydrogen) atoms. The summed E-state index contributed by atoms with van der Waals surface area (Å²) in [6, 6.07) is 6.10. The van der Waals surface area contributed by atoms with E-state index in [9.17, 15) is 0 Å². The molecule has 5 nitrogen and oxygen atoms in total. The molecule has 0 atom stereocenters. The first-order chi connectivity index (χ1) is 9.69. The van der Waals surface area contributed by atoms with Crippen LogP contribution in [0, 0.1) is 13.8 Å². The topological polar surface area (TPSA) is 54.5 Å². The van der Waals surface area contributed by atoms with Crippen molar-refractivity contribution in [3.63, 3.8) is 0 Å². The lowest BCUT2D eigenvalue weighted by atomic mass is 10.2. The summed E-state index contributed by atoms with van der Waals surface area (Å²) in [5.74, 6) is 2.70. The van der Waals surface area contributed by atoms with Gasteiger partial charge in [-0.2, -0.15) is 0 Å². The Morgan fingerprint density at radius 1 is 1.25 bits per heavy atom. The highest BCUT2D eigenvalue weighted by molar-refractivity contribution is 5.79. The van der Waals surface area contributed by atoms with Crippen molar-refractivity contribution in [1.82, 2.24) is 15.2 Å². The Morgan fingerprint density at radius 3 is 2.60 bits per heavy atom. The minimum absolute atomic E-state index is 0.715. The molecule has 0 aliphatic rings. The van der Waals surface area contributed by atoms with Gasteiger partial charge in [-0.25, -0.2) is 0 Å². The van der Waals surface area contributed by atoms with Gasteiger partial charge in [-0.1, -0.05) is 0 Å². The minimum Gasteiger partial charge on any atom is -0.466 e. The second kappa shape index (κ2) is 6.84. The molecule has 0 unspecified atom stereocenters. The quantitative estimate of drug-likeness (QED) is 0.648. The third kappa shape index (κ3) is 3.91. The van der Waals surface area contributed by atoms with Crippen LogP contribution in [0.4, 0.5) is 0 Å². The summed E-state index contributed by atoms with van der Waals surface area (Å²) in [4.78, 5) is 4.21. The molecule has 2 heterocycles. The zero-order valence-corrected chi connectivity index (χ0v) is 12.3. The molecule has 0 aliphatic heterocycles. The Balaban J connectivity index is 1.76. The van der Waals surface area contributed by atoms with Crippen LogP contribution in [0.2, 0.25) is 0 Å². The number of furan rings is 1. The second-order valence-electron chi connectivity index (χ2n) is 4.71. The van der Waals surface area contributed by atoms with Gasteiger partial charge in [0.25, 0.3) is 0 Å². The molecule has 2 N–H and O–H groups in total. The molecule has 0 aromatic carbocycles. The van der Waals surface area contributed by atoms with E-state index in [1.54, 1.807) is 7.05 Å². The van der Waals surface area contributed by atoms with Crippen molar-refractivity contribution in [2.45, 2.75) is 26.9 Å². The number of aromatic nitrogens is 1. The van der Waals surface area contributed by atoms with Gasteiger partial charge in [-0.05, 0) is 32.0 Å². The Bertz CT molecular complexity index is 554. The minimum atomic E-state index is 0.715. The Kier molecular flexibility index (Phi) is 4.87. The molecule has 2 aromatic rings. The smallest absolute Gasteiger partial charge is 0.191 e. The third-order valence-electron chi connectivity index (χ3n) is 3.14. The van der Waals surface area contributed by atoms with Crippen LogP contribution in [0.5, 0.6) is 0 Å². The molecule has 0 aliphatic carbocycles. The fourth-order valence-corrected chi connectivity index (χ4v) is 2.08. The van der Waals surface area contributed by atoms with Crippen molar-refractivity contribution in [2.75, 3.05) is 13.6 Å². The molecule has 0 radical (unpaired) electrons. The van der Waals surface area contributed by atoms with E-state index in [1.165, 1.54) is 0 Å². The summed E-state index contributed by atoms with van der Waals surface area (Å²) in [5, 5.41) is 6.58. The van der Waals surface area contributed by atoms with Gasteiger partial charge in [0.2, 0.25) is 0 Å². The molecule has 2 rings (SSSR count). The molecule has 2 aromatic heterocycles. The molecule has 108 valence electrons. The average Bonchev–Trinajstić information content (AvgIpc) is 3.03. The van der Waals surface area contributed by atoms with Crippen LogP contribution >= 0.6 is 0 Å². The van der Waals surface area contributed by atoms with E-state index in [4.69, 9.17) is 4.42 Å². The first kappa shape index (κ1) is 14.2. The van der Waals surface area contributed by atoms with Gasteiger partial charge >= 0.3 is 0 Å². The van der Waals surface area contributed by atoms with Gasteiger partial charge in [0.1, 0.15) is 11.5 Å². The number of hydrogen-bond donors (Lipinski definition) is 2. The molecular formula is C15H22N4O. The highest BCUT2D eigenvalue weighted by atomic mass is 16.3. The molecular weight excluding hydrogens is 252 g/mol. The molecule has 0 fully saturated rings. The first-order valence-corrected chi connectivity index (χ1v) is 6.80. The predicted octanol–water partition coefficient (Wildman–Crippen LogP) is 2.06. The van der Waals surface area contributed by atoms with E-state index in [2.05, 4.69) is 38.7 Å². The Hall–Kier alpha value is -2.17. The molecule has 0 saturated heterocycles. The Morgan fingerprint density at radius 2 is 2.00 bits per heavy atom. The SMILES string of the molecule is CN=C(NCCn1cccc1)NCc1cc(C)oc1C. The number of rotatable bonds is 5. The van der Waals surface area contributed by atoms with Gasteiger partial charge in [0.15, 0.2) is 5.96 Å². The highest BCUT2D eigenvalue weighted by Gasteiger charge is 2.05. The van der Waals surface area contributed by atoms with E-state index in [0.29, 0.717) is 6.54 Å². The van der Waals surface area contributed by atoms with E-state index >= 15 is 0 Å². The lowest BCUT2D eigenvalue weighted by Crippen LogP contribution is -2.38. The van der Waals surface area contributed by atoms with Crippen molar-refractivity contribution in [3.8, 4) is 0 Å². The summed E-state index contributed by atoms with van der Waals surface area (Å²) in [5.41, 5.74) is 1.16. The van der Waals surface area contributed by atoms with Gasteiger partial charge in [0, 0.05) is 44.6 Å². The van der Waals surface area contributed by atoms with E-state index in [-0.39, 0.29) is 0 Å². The van der Waals surface area contributed by atoms with Gasteiger partial charge < -0.3 is 19.6 Å². The fourth-order valence-electron chi connectivity index (χ4n) is 2.08. The zero-order chi connectivity index (χ0) is 14.4. The summed E-state index contributed by atoms with van der Waals surface area (Å²) in [6.45, 7) is 6.40. The first-order valence-electron chi connectivity index (χ1n) is 6.80. The standard InChI is InChI=1S/C15H22N4O/c1-12-10-14(13(2)20-12)11-18-15(16-3)17-6-9-19-7-4-5-8-19/h4-5,7-8,10H,6,9,11H2,1-3H3,(H2,16,17,18). The largest absolute Gasteiger partial charge is 0.466 e. The molecule has 0 bridgehead atoms. The third-order valence-corrected chi connectivity index (χ3v) is 3.14. The summed E-state index contributed by atoms with van der Waals surface area (Å²) >= 11 is 0. The van der Waals surface area contributed by atoms with Gasteiger partial charge in [-0.15, -0.1) is 0 Å². The fraction of sp³-hybridized carbons (Fsp3) is 0.400. The maximum Gasteiger partial charge on any atom is 0.191 e. The zero-order valence-electron chi connectivity index (χ0n) is 12.3. The lowest BCUT2D eigenvalue weighted by Gasteiger charge is -2.11. The molecule has 0 spiro atoms. The van der Waals surface area contributed by atoms with Crippen LogP contribution in [0.3, 0.4) is 0 Å². The van der Waals surface area contributed by atoms with Crippen molar-refractivity contribution >= 4 is 5.96 Å². The van der Waals surface area contributed by atoms with Crippen LogP contribution < -0.4 is 10.6 Å². The number of nitrogens with one attached hydrogen (secondary N) is 2. The van der Waals surface area contributed by atoms with Crippen molar-refractivity contribution in [3.05, 3.63) is 47.7 Å². The summed E-state index contributed by atoms with van der Waals surface area (Å²) in [7, 11) is 1.78. The van der Waals surface area contributed by atoms with Crippen molar-refractivity contribution in [1.29, 1.82) is 0 Å². The summed E-state index contributed by atoms with van der Waals surface area (Å²) < 4.78 is 7.64. The number of nitrogens with zero attached hydrogens (tertiary/aromatic N) is 2. The van der Waals surface area contributed by atoms with E-state index in [0.717, 1.165) is 36.1 Å². The normalized spacial score (nSPS) is 11.7. The number of guanidine groups is 1. The monoisotopic (exact) mass is 274 g/mol. The van der Waals surface area contributed by atoms with Crippen LogP contribution in [0.1, 0.15) is 17.1 Å². The number of aryl methyl sites for hydroxylation is 2. The van der Waals surface area contributed by atoms with Crippen molar-refractivity contribution < 1.29 is 4.42 Å². The highest BCUT2D eigenvalue weighted by Crippen LogP contribution is 2.12. The van der Waals surface area contributed by atoms with Crippen LogP contribution in [-0.4, -0.2) is 24.1 Å².